The van der Waals surface area contributed by atoms with Gasteiger partial charge in [-0.3, -0.25) is 4.90 Å². The van der Waals surface area contributed by atoms with E-state index in [1.54, 1.807) is 19.1 Å². The number of benzene rings is 1. The van der Waals surface area contributed by atoms with Crippen LogP contribution in [0.4, 0.5) is 4.39 Å². The van der Waals surface area contributed by atoms with E-state index in [9.17, 15) is 4.39 Å². The molecule has 1 saturated heterocycles. The van der Waals surface area contributed by atoms with Gasteiger partial charge in [0, 0.05) is 32.7 Å². The van der Waals surface area contributed by atoms with Crippen molar-refractivity contribution < 1.29 is 9.13 Å². The van der Waals surface area contributed by atoms with Crippen LogP contribution in [-0.4, -0.2) is 44.2 Å². The first-order valence-electron chi connectivity index (χ1n) is 6.08. The summed E-state index contributed by atoms with van der Waals surface area (Å²) >= 11 is 0. The third-order valence-electron chi connectivity index (χ3n) is 3.02. The van der Waals surface area contributed by atoms with Crippen LogP contribution in [0.25, 0.3) is 0 Å². The average molecular weight is 238 g/mol. The van der Waals surface area contributed by atoms with Crippen LogP contribution in [0, 0.1) is 12.7 Å². The van der Waals surface area contributed by atoms with Crippen molar-refractivity contribution in [2.75, 3.05) is 39.3 Å². The molecule has 17 heavy (non-hydrogen) atoms. The number of rotatable bonds is 4. The first-order chi connectivity index (χ1) is 8.25. The van der Waals surface area contributed by atoms with Crippen LogP contribution < -0.4 is 10.1 Å². The summed E-state index contributed by atoms with van der Waals surface area (Å²) in [7, 11) is 0. The number of nitrogens with one attached hydrogen (secondary N) is 1. The lowest BCUT2D eigenvalue weighted by atomic mass is 10.2. The molecule has 4 heteroatoms. The Kier molecular flexibility index (Phi) is 4.34. The van der Waals surface area contributed by atoms with E-state index in [4.69, 9.17) is 4.74 Å². The number of nitrogens with zero attached hydrogens (tertiary/aromatic N) is 1. The Labute approximate surface area is 102 Å². The van der Waals surface area contributed by atoms with Crippen LogP contribution >= 0.6 is 0 Å². The van der Waals surface area contributed by atoms with Gasteiger partial charge in [0.1, 0.15) is 18.2 Å². The van der Waals surface area contributed by atoms with Gasteiger partial charge < -0.3 is 10.1 Å². The molecule has 2 rings (SSSR count). The molecule has 0 bridgehead atoms. The molecule has 0 saturated carbocycles. The fraction of sp³-hybridized carbons (Fsp3) is 0.538. The Morgan fingerprint density at radius 1 is 1.35 bits per heavy atom. The summed E-state index contributed by atoms with van der Waals surface area (Å²) in [5, 5.41) is 3.31. The van der Waals surface area contributed by atoms with Gasteiger partial charge in [0.2, 0.25) is 0 Å². The van der Waals surface area contributed by atoms with Gasteiger partial charge in [0.15, 0.2) is 0 Å². The van der Waals surface area contributed by atoms with Crippen LogP contribution in [0.2, 0.25) is 0 Å². The second-order valence-electron chi connectivity index (χ2n) is 4.35. The monoisotopic (exact) mass is 238 g/mol. The average Bonchev–Trinajstić information content (AvgIpc) is 2.35. The van der Waals surface area contributed by atoms with Crippen LogP contribution in [0.5, 0.6) is 5.75 Å². The van der Waals surface area contributed by atoms with Gasteiger partial charge in [-0.2, -0.15) is 0 Å². The normalized spacial score (nSPS) is 17.1. The van der Waals surface area contributed by atoms with Crippen molar-refractivity contribution in [1.82, 2.24) is 10.2 Å². The number of aryl methyl sites for hydroxylation is 1. The molecule has 1 N–H and O–H groups in total. The topological polar surface area (TPSA) is 24.5 Å². The largest absolute Gasteiger partial charge is 0.492 e. The lowest BCUT2D eigenvalue weighted by Crippen LogP contribution is -2.44. The molecule has 1 aromatic carbocycles. The molecule has 1 fully saturated rings. The SMILES string of the molecule is Cc1cc(OCCN2CCNCC2)ccc1F. The molecule has 94 valence electrons. The molecular weight excluding hydrogens is 219 g/mol. The zero-order chi connectivity index (χ0) is 12.1. The summed E-state index contributed by atoms with van der Waals surface area (Å²) in [6.45, 7) is 7.59. The molecule has 1 heterocycles. The minimum absolute atomic E-state index is 0.181. The fourth-order valence-corrected chi connectivity index (χ4v) is 1.93. The van der Waals surface area contributed by atoms with Gasteiger partial charge in [-0.1, -0.05) is 0 Å². The number of halogens is 1. The molecule has 3 nitrogen and oxygen atoms in total. The maximum atomic E-state index is 13.0. The summed E-state index contributed by atoms with van der Waals surface area (Å²) in [4.78, 5) is 2.37. The van der Waals surface area contributed by atoms with E-state index in [1.807, 2.05) is 0 Å². The minimum atomic E-state index is -0.181. The van der Waals surface area contributed by atoms with Crippen LogP contribution in [0.1, 0.15) is 5.56 Å². The van der Waals surface area contributed by atoms with E-state index in [0.29, 0.717) is 12.2 Å². The summed E-state index contributed by atoms with van der Waals surface area (Å²) in [6, 6.07) is 4.88. The van der Waals surface area contributed by atoms with Gasteiger partial charge in [-0.05, 0) is 30.7 Å². The van der Waals surface area contributed by atoms with Crippen LogP contribution in [-0.2, 0) is 0 Å². The van der Waals surface area contributed by atoms with Crippen molar-refractivity contribution in [3.8, 4) is 5.75 Å². The predicted octanol–water partition coefficient (Wildman–Crippen LogP) is 1.42. The van der Waals surface area contributed by atoms with Crippen LogP contribution in [0.15, 0.2) is 18.2 Å². The van der Waals surface area contributed by atoms with E-state index in [0.717, 1.165) is 38.5 Å². The lowest BCUT2D eigenvalue weighted by Gasteiger charge is -2.26. The highest BCUT2D eigenvalue weighted by Gasteiger charge is 2.08. The molecule has 1 aliphatic heterocycles. The van der Waals surface area contributed by atoms with E-state index < -0.39 is 0 Å². The van der Waals surface area contributed by atoms with Crippen molar-refractivity contribution in [3.05, 3.63) is 29.6 Å². The number of hydrogen-bond donors (Lipinski definition) is 1. The first-order valence-corrected chi connectivity index (χ1v) is 6.08. The van der Waals surface area contributed by atoms with Crippen molar-refractivity contribution in [2.45, 2.75) is 6.92 Å². The first kappa shape index (κ1) is 12.3. The van der Waals surface area contributed by atoms with Gasteiger partial charge in [0.25, 0.3) is 0 Å². The fourth-order valence-electron chi connectivity index (χ4n) is 1.93. The maximum absolute atomic E-state index is 13.0. The minimum Gasteiger partial charge on any atom is -0.492 e. The molecule has 0 amide bonds. The van der Waals surface area contributed by atoms with E-state index >= 15 is 0 Å². The number of piperazine rings is 1. The van der Waals surface area contributed by atoms with Gasteiger partial charge in [-0.15, -0.1) is 0 Å². The lowest BCUT2D eigenvalue weighted by molar-refractivity contribution is 0.191. The Morgan fingerprint density at radius 2 is 2.12 bits per heavy atom. The molecule has 0 radical (unpaired) electrons. The quantitative estimate of drug-likeness (QED) is 0.858. The van der Waals surface area contributed by atoms with Crippen molar-refractivity contribution in [1.29, 1.82) is 0 Å². The molecule has 0 unspecified atom stereocenters. The molecule has 0 aromatic heterocycles. The van der Waals surface area contributed by atoms with E-state index in [-0.39, 0.29) is 5.82 Å². The zero-order valence-corrected chi connectivity index (χ0v) is 10.2. The summed E-state index contributed by atoms with van der Waals surface area (Å²) in [5.74, 6) is 0.568. The standard InChI is InChI=1S/C13H19FN2O/c1-11-10-12(2-3-13(11)14)17-9-8-16-6-4-15-5-7-16/h2-3,10,15H,4-9H2,1H3. The second-order valence-corrected chi connectivity index (χ2v) is 4.35. The Morgan fingerprint density at radius 3 is 2.82 bits per heavy atom. The molecule has 0 atom stereocenters. The molecule has 0 aliphatic carbocycles. The second kappa shape index (κ2) is 5.98. The summed E-state index contributed by atoms with van der Waals surface area (Å²) in [6.07, 6.45) is 0. The highest BCUT2D eigenvalue weighted by Crippen LogP contribution is 2.15. The van der Waals surface area contributed by atoms with Crippen molar-refractivity contribution in [2.24, 2.45) is 0 Å². The maximum Gasteiger partial charge on any atom is 0.126 e. The van der Waals surface area contributed by atoms with Crippen LogP contribution in [0.3, 0.4) is 0 Å². The predicted molar refractivity (Wildman–Crippen MR) is 65.9 cm³/mol. The zero-order valence-electron chi connectivity index (χ0n) is 10.2. The van der Waals surface area contributed by atoms with Crippen molar-refractivity contribution in [3.63, 3.8) is 0 Å². The number of hydrogen-bond acceptors (Lipinski definition) is 3. The molecule has 1 aromatic rings. The third kappa shape index (κ3) is 3.68. The molecule has 1 aliphatic rings. The van der Waals surface area contributed by atoms with E-state index in [2.05, 4.69) is 10.2 Å². The molecule has 0 spiro atoms. The Balaban J connectivity index is 1.75. The highest BCUT2D eigenvalue weighted by molar-refractivity contribution is 5.28. The smallest absolute Gasteiger partial charge is 0.126 e. The van der Waals surface area contributed by atoms with E-state index in [1.165, 1.54) is 6.07 Å². The number of ether oxygens (including phenoxy) is 1. The third-order valence-corrected chi connectivity index (χ3v) is 3.02. The highest BCUT2D eigenvalue weighted by atomic mass is 19.1. The van der Waals surface area contributed by atoms with Crippen molar-refractivity contribution >= 4 is 0 Å². The van der Waals surface area contributed by atoms with Gasteiger partial charge >= 0.3 is 0 Å². The van der Waals surface area contributed by atoms with Gasteiger partial charge in [0.05, 0.1) is 0 Å². The summed E-state index contributed by atoms with van der Waals surface area (Å²) in [5.41, 5.74) is 0.629. The summed E-state index contributed by atoms with van der Waals surface area (Å²) < 4.78 is 18.7. The Bertz CT molecular complexity index is 364. The Hall–Kier alpha value is -1.13. The van der Waals surface area contributed by atoms with Gasteiger partial charge in [-0.25, -0.2) is 4.39 Å². The molecular formula is C13H19FN2O.